The summed E-state index contributed by atoms with van der Waals surface area (Å²) in [5, 5.41) is 1.63. The molecule has 1 aromatic carbocycles. The molecule has 2 aliphatic rings. The van der Waals surface area contributed by atoms with Crippen LogP contribution in [0.15, 0.2) is 30.3 Å². The highest BCUT2D eigenvalue weighted by Gasteiger charge is 2.53. The Bertz CT molecular complexity index is 1130. The lowest BCUT2D eigenvalue weighted by atomic mass is 10.00. The first kappa shape index (κ1) is 46.4. The van der Waals surface area contributed by atoms with Gasteiger partial charge in [0.2, 0.25) is 0 Å². The van der Waals surface area contributed by atoms with Gasteiger partial charge in [-0.05, 0) is 62.2 Å². The molecule has 306 valence electrons. The predicted octanol–water partition coefficient (Wildman–Crippen LogP) is 13.1. The Hall–Kier alpha value is -0.996. The third kappa shape index (κ3) is 15.1. The highest BCUT2D eigenvalue weighted by atomic mass is 28.4. The Morgan fingerprint density at radius 3 is 1.74 bits per heavy atom. The van der Waals surface area contributed by atoms with Crippen LogP contribution in [-0.2, 0) is 23.4 Å². The average molecular weight is 773 g/mol. The fraction of sp³-hybridized carbons (Fsp3) is 0.848. The molecule has 0 aromatic heterocycles. The van der Waals surface area contributed by atoms with E-state index in [9.17, 15) is 4.79 Å². The van der Waals surface area contributed by atoms with E-state index in [1.165, 1.54) is 101 Å². The number of unbranched alkanes of at least 4 members (excludes halogenated alkanes) is 14. The molecule has 2 heterocycles. The van der Waals surface area contributed by atoms with Gasteiger partial charge in [-0.3, -0.25) is 4.79 Å². The van der Waals surface area contributed by atoms with Gasteiger partial charge in [-0.2, -0.15) is 0 Å². The third-order valence-electron chi connectivity index (χ3n) is 13.2. The molecule has 0 bridgehead atoms. The van der Waals surface area contributed by atoms with Gasteiger partial charge in [-0.25, -0.2) is 0 Å². The van der Waals surface area contributed by atoms with Gasteiger partial charge in [0.1, 0.15) is 6.10 Å². The molecule has 1 aromatic rings. The highest BCUT2D eigenvalue weighted by molar-refractivity contribution is 6.91. The monoisotopic (exact) mass is 773 g/mol. The highest BCUT2D eigenvalue weighted by Crippen LogP contribution is 2.48. The number of rotatable bonds is 26. The SMILES string of the molecule is CCCCCCCCCC[C@@H](O[Si](C)(C)C(C)(C)C)[C@@H]1O[C@H]([C@@H]2CC[C@H]([C@@H](CCCCCCCCCC)OC(C)=O)O2)C[C@H]1[Si](C)(C)c1ccccc1. The van der Waals surface area contributed by atoms with E-state index in [0.717, 1.165) is 38.5 Å². The molecule has 2 aliphatic heterocycles. The van der Waals surface area contributed by atoms with Gasteiger partial charge < -0.3 is 18.6 Å². The molecule has 5 nitrogen and oxygen atoms in total. The molecule has 53 heavy (non-hydrogen) atoms. The number of esters is 1. The first-order valence-corrected chi connectivity index (χ1v) is 28.4. The maximum atomic E-state index is 12.3. The molecule has 7 heteroatoms. The molecule has 2 saturated heterocycles. The van der Waals surface area contributed by atoms with Crippen LogP contribution in [0.25, 0.3) is 0 Å². The summed E-state index contributed by atoms with van der Waals surface area (Å²) in [7, 11) is -4.03. The molecular weight excluding hydrogens is 689 g/mol. The van der Waals surface area contributed by atoms with Crippen molar-refractivity contribution < 1.29 is 23.4 Å². The van der Waals surface area contributed by atoms with Gasteiger partial charge in [0.05, 0.1) is 38.6 Å². The van der Waals surface area contributed by atoms with Crippen molar-refractivity contribution in [3.8, 4) is 0 Å². The standard InChI is InChI=1S/C46H84O5Si2/c1-11-13-15-17-19-21-23-28-32-39(48-37(3)47)40-34-35-41(49-40)43-36-44(52(7,8)38-30-26-25-27-31-38)45(50-43)42(51-53(9,10)46(4,5)6)33-29-24-22-20-18-16-14-12-2/h25-27,30-31,39-45H,11-24,28-29,32-36H2,1-10H3/t39-,40-,41+,42-,43+,44-,45+/m1/s1. The minimum atomic E-state index is -2.06. The van der Waals surface area contributed by atoms with E-state index in [2.05, 4.69) is 91.1 Å². The molecule has 2 fully saturated rings. The Labute approximate surface area is 330 Å². The van der Waals surface area contributed by atoms with Crippen molar-refractivity contribution in [3.63, 3.8) is 0 Å². The van der Waals surface area contributed by atoms with Crippen molar-refractivity contribution in [3.05, 3.63) is 30.3 Å². The Kier molecular flexibility index (Phi) is 20.4. The van der Waals surface area contributed by atoms with Gasteiger partial charge in [0.15, 0.2) is 8.32 Å². The molecule has 0 N–H and O–H groups in total. The van der Waals surface area contributed by atoms with Gasteiger partial charge in [0, 0.05) is 6.92 Å². The topological polar surface area (TPSA) is 54.0 Å². The van der Waals surface area contributed by atoms with Gasteiger partial charge in [0.25, 0.3) is 0 Å². The first-order valence-electron chi connectivity index (χ1n) is 22.4. The van der Waals surface area contributed by atoms with E-state index in [0.29, 0.717) is 5.54 Å². The van der Waals surface area contributed by atoms with Crippen LogP contribution in [0.1, 0.15) is 176 Å². The van der Waals surface area contributed by atoms with Crippen LogP contribution in [0.2, 0.25) is 36.8 Å². The Balaban J connectivity index is 1.77. The van der Waals surface area contributed by atoms with Crippen molar-refractivity contribution in [2.75, 3.05) is 0 Å². The summed E-state index contributed by atoms with van der Waals surface area (Å²) in [5.41, 5.74) is 0.433. The molecule has 0 unspecified atom stereocenters. The van der Waals surface area contributed by atoms with Crippen molar-refractivity contribution in [2.45, 2.75) is 250 Å². The summed E-state index contributed by atoms with van der Waals surface area (Å²) < 4.78 is 27.7. The van der Waals surface area contributed by atoms with Crippen molar-refractivity contribution >= 4 is 27.5 Å². The van der Waals surface area contributed by atoms with Crippen LogP contribution in [0.5, 0.6) is 0 Å². The summed E-state index contributed by atoms with van der Waals surface area (Å²) in [4.78, 5) is 12.3. The third-order valence-corrected chi connectivity index (χ3v) is 21.9. The average Bonchev–Trinajstić information content (AvgIpc) is 3.78. The summed E-state index contributed by atoms with van der Waals surface area (Å²) in [6.45, 7) is 23.2. The quantitative estimate of drug-likeness (QED) is 0.0533. The zero-order valence-electron chi connectivity index (χ0n) is 36.3. The van der Waals surface area contributed by atoms with Crippen molar-refractivity contribution in [1.82, 2.24) is 0 Å². The van der Waals surface area contributed by atoms with Gasteiger partial charge in [-0.1, -0.05) is 180 Å². The molecule has 0 aliphatic carbocycles. The number of hydrogen-bond acceptors (Lipinski definition) is 5. The van der Waals surface area contributed by atoms with Crippen LogP contribution in [-0.4, -0.2) is 59.0 Å². The molecule has 0 saturated carbocycles. The fourth-order valence-corrected chi connectivity index (χ4v) is 13.5. The largest absolute Gasteiger partial charge is 0.460 e. The molecule has 7 atom stereocenters. The maximum absolute atomic E-state index is 12.3. The summed E-state index contributed by atoms with van der Waals surface area (Å²) >= 11 is 0. The molecule has 0 amide bonds. The van der Waals surface area contributed by atoms with Crippen LogP contribution in [0, 0.1) is 0 Å². The van der Waals surface area contributed by atoms with E-state index >= 15 is 0 Å². The second kappa shape index (κ2) is 23.3. The molecule has 0 spiro atoms. The lowest BCUT2D eigenvalue weighted by molar-refractivity contribution is -0.158. The number of carbonyl (C=O) groups is 1. The summed E-state index contributed by atoms with van der Waals surface area (Å²) in [5.74, 6) is -0.193. The number of carbonyl (C=O) groups excluding carboxylic acids is 1. The van der Waals surface area contributed by atoms with E-state index in [-0.39, 0.29) is 47.6 Å². The predicted molar refractivity (Wildman–Crippen MR) is 231 cm³/mol. The van der Waals surface area contributed by atoms with E-state index in [1.807, 2.05) is 0 Å². The van der Waals surface area contributed by atoms with Gasteiger partial charge >= 0.3 is 5.97 Å². The first-order chi connectivity index (χ1) is 25.2. The van der Waals surface area contributed by atoms with Crippen LogP contribution in [0.4, 0.5) is 0 Å². The van der Waals surface area contributed by atoms with Crippen LogP contribution < -0.4 is 5.19 Å². The maximum Gasteiger partial charge on any atom is 0.302 e. The normalized spacial score (nSPS) is 23.7. The van der Waals surface area contributed by atoms with E-state index < -0.39 is 16.4 Å². The van der Waals surface area contributed by atoms with Gasteiger partial charge in [-0.15, -0.1) is 0 Å². The second-order valence-corrected chi connectivity index (χ2v) is 28.5. The number of benzene rings is 1. The second-order valence-electron chi connectivity index (χ2n) is 19.0. The smallest absolute Gasteiger partial charge is 0.302 e. The Morgan fingerprint density at radius 2 is 1.23 bits per heavy atom. The van der Waals surface area contributed by atoms with E-state index in [4.69, 9.17) is 18.6 Å². The summed E-state index contributed by atoms with van der Waals surface area (Å²) in [6, 6.07) is 11.3. The molecule has 3 rings (SSSR count). The van der Waals surface area contributed by atoms with Crippen molar-refractivity contribution in [1.29, 1.82) is 0 Å². The zero-order chi connectivity index (χ0) is 38.9. The number of ether oxygens (including phenoxy) is 3. The van der Waals surface area contributed by atoms with E-state index in [1.54, 1.807) is 6.92 Å². The van der Waals surface area contributed by atoms with Crippen molar-refractivity contribution in [2.24, 2.45) is 0 Å². The minimum absolute atomic E-state index is 0.0290. The minimum Gasteiger partial charge on any atom is -0.460 e. The number of hydrogen-bond donors (Lipinski definition) is 0. The van der Waals surface area contributed by atoms with Crippen LogP contribution in [0.3, 0.4) is 0 Å². The lowest BCUT2D eigenvalue weighted by Crippen LogP contribution is -2.53. The van der Waals surface area contributed by atoms with Crippen LogP contribution >= 0.6 is 0 Å². The Morgan fingerprint density at radius 1 is 0.717 bits per heavy atom. The summed E-state index contributed by atoms with van der Waals surface area (Å²) in [6.07, 6.45) is 25.6. The lowest BCUT2D eigenvalue weighted by Gasteiger charge is -2.43. The molecular formula is C46H84O5Si2. The molecule has 0 radical (unpaired) electrons. The fourth-order valence-electron chi connectivity index (χ4n) is 8.68. The zero-order valence-corrected chi connectivity index (χ0v) is 38.3.